The maximum absolute atomic E-state index is 10.5. The Morgan fingerprint density at radius 1 is 1.36 bits per heavy atom. The van der Waals surface area contributed by atoms with E-state index < -0.39 is 30.6 Å². The van der Waals surface area contributed by atoms with Crippen LogP contribution in [-0.2, 0) is 10.5 Å². The van der Waals surface area contributed by atoms with E-state index in [2.05, 4.69) is 15.0 Å². The van der Waals surface area contributed by atoms with Crippen LogP contribution in [0, 0.1) is 0 Å². The molecule has 9 nitrogen and oxygen atoms in total. The Kier molecular flexibility index (Phi) is 3.73. The summed E-state index contributed by atoms with van der Waals surface area (Å²) in [5.74, 6) is 0.224. The average Bonchev–Trinajstić information content (AvgIpc) is 3.04. The highest BCUT2D eigenvalue weighted by atomic mass is 16.6. The molecule has 2 aromatic rings. The molecule has 0 amide bonds. The lowest BCUT2D eigenvalue weighted by Gasteiger charge is -2.33. The van der Waals surface area contributed by atoms with Crippen LogP contribution >= 0.6 is 0 Å². The third-order valence-electron chi connectivity index (χ3n) is 4.08. The topological polar surface area (TPSA) is 140 Å². The first-order chi connectivity index (χ1) is 10.5. The number of hydrogen-bond acceptors (Lipinski definition) is 8. The summed E-state index contributed by atoms with van der Waals surface area (Å²) in [6, 6.07) is 0. The molecule has 0 spiro atoms. The van der Waals surface area contributed by atoms with Gasteiger partial charge in [0.05, 0.1) is 12.9 Å². The van der Waals surface area contributed by atoms with Crippen LogP contribution in [0.1, 0.15) is 19.8 Å². The lowest BCUT2D eigenvalue weighted by molar-refractivity contribution is -0.150. The number of nitrogen functional groups attached to an aromatic ring is 1. The van der Waals surface area contributed by atoms with Crippen molar-refractivity contribution >= 4 is 17.0 Å². The minimum absolute atomic E-state index is 0.224. The average molecular weight is 309 g/mol. The van der Waals surface area contributed by atoms with E-state index in [4.69, 9.17) is 10.5 Å². The number of hydrogen-bond donors (Lipinski definition) is 4. The number of imidazole rings is 1. The lowest BCUT2D eigenvalue weighted by Crippen LogP contribution is -2.45. The zero-order valence-corrected chi connectivity index (χ0v) is 12.1. The van der Waals surface area contributed by atoms with Crippen molar-refractivity contribution in [1.82, 2.24) is 19.5 Å². The van der Waals surface area contributed by atoms with E-state index in [-0.39, 0.29) is 5.82 Å². The molecule has 9 heteroatoms. The van der Waals surface area contributed by atoms with Gasteiger partial charge >= 0.3 is 0 Å². The van der Waals surface area contributed by atoms with Gasteiger partial charge in [-0.05, 0) is 6.42 Å². The minimum atomic E-state index is -1.25. The molecule has 0 bridgehead atoms. The first-order valence-electron chi connectivity index (χ1n) is 7.14. The summed E-state index contributed by atoms with van der Waals surface area (Å²) in [6.45, 7) is 1.53. The molecule has 0 aromatic carbocycles. The molecule has 4 atom stereocenters. The first kappa shape index (κ1) is 15.1. The van der Waals surface area contributed by atoms with E-state index in [9.17, 15) is 15.3 Å². The Morgan fingerprint density at radius 3 is 2.77 bits per heavy atom. The van der Waals surface area contributed by atoms with Gasteiger partial charge in [-0.1, -0.05) is 13.3 Å². The van der Waals surface area contributed by atoms with Gasteiger partial charge < -0.3 is 25.8 Å². The Balaban J connectivity index is 2.17. The number of ether oxygens (including phenoxy) is 1. The van der Waals surface area contributed by atoms with Gasteiger partial charge in [0.1, 0.15) is 30.2 Å². The van der Waals surface area contributed by atoms with Crippen LogP contribution < -0.4 is 5.73 Å². The maximum Gasteiger partial charge on any atom is 0.176 e. The molecular formula is C13H19N5O4. The summed E-state index contributed by atoms with van der Waals surface area (Å²) in [6.07, 6.45) is 0.557. The number of nitrogens with zero attached hydrogens (tertiary/aromatic N) is 4. The number of aliphatic hydroxyl groups excluding tert-OH is 3. The van der Waals surface area contributed by atoms with Gasteiger partial charge in [0, 0.05) is 0 Å². The summed E-state index contributed by atoms with van der Waals surface area (Å²) in [7, 11) is 0. The lowest BCUT2D eigenvalue weighted by atomic mass is 9.98. The summed E-state index contributed by atoms with van der Waals surface area (Å²) in [4.78, 5) is 12.2. The molecule has 0 saturated carbocycles. The largest absolute Gasteiger partial charge is 0.394 e. The minimum Gasteiger partial charge on any atom is -0.394 e. The van der Waals surface area contributed by atoms with Crippen LogP contribution in [0.4, 0.5) is 5.82 Å². The Hall–Kier alpha value is -1.81. The second-order valence-corrected chi connectivity index (χ2v) is 5.41. The van der Waals surface area contributed by atoms with Crippen molar-refractivity contribution in [2.75, 3.05) is 12.3 Å². The highest BCUT2D eigenvalue weighted by molar-refractivity contribution is 5.81. The van der Waals surface area contributed by atoms with Crippen molar-refractivity contribution in [3.8, 4) is 0 Å². The van der Waals surface area contributed by atoms with E-state index in [1.807, 2.05) is 6.92 Å². The van der Waals surface area contributed by atoms with Crippen LogP contribution in [0.25, 0.3) is 11.2 Å². The molecule has 5 N–H and O–H groups in total. The van der Waals surface area contributed by atoms with Gasteiger partial charge in [-0.3, -0.25) is 4.57 Å². The van der Waals surface area contributed by atoms with E-state index in [0.29, 0.717) is 24.0 Å². The Morgan fingerprint density at radius 2 is 2.14 bits per heavy atom. The monoisotopic (exact) mass is 309 g/mol. The van der Waals surface area contributed by atoms with Crippen LogP contribution in [0.5, 0.6) is 0 Å². The van der Waals surface area contributed by atoms with Crippen molar-refractivity contribution in [2.45, 2.75) is 43.8 Å². The van der Waals surface area contributed by atoms with E-state index in [1.165, 1.54) is 12.7 Å². The van der Waals surface area contributed by atoms with Crippen LogP contribution in [0.15, 0.2) is 12.7 Å². The van der Waals surface area contributed by atoms with Gasteiger partial charge in [0.2, 0.25) is 0 Å². The summed E-state index contributed by atoms with van der Waals surface area (Å²) in [5, 5.41) is 30.0. The standard InChI is InChI=1S/C13H19N5O4/c1-2-3-13(10(21)9(20)7(4-19)22-13)18-6-17-8-11(14)15-5-16-12(8)18/h5-7,9-10,19-21H,2-4H2,1H3,(H2,14,15,16)/t7-,9-,10-,13-/m1/s1. The second-order valence-electron chi connectivity index (χ2n) is 5.41. The van der Waals surface area contributed by atoms with Crippen LogP contribution in [-0.4, -0.2) is 59.8 Å². The van der Waals surface area contributed by atoms with Gasteiger partial charge in [-0.2, -0.15) is 0 Å². The first-order valence-corrected chi connectivity index (χ1v) is 7.14. The number of aliphatic hydroxyl groups is 3. The number of nitrogens with two attached hydrogens (primary N) is 1. The molecule has 3 rings (SSSR count). The van der Waals surface area contributed by atoms with Crippen molar-refractivity contribution < 1.29 is 20.1 Å². The molecule has 120 valence electrons. The van der Waals surface area contributed by atoms with E-state index >= 15 is 0 Å². The normalized spacial score (nSPS) is 31.9. The van der Waals surface area contributed by atoms with Crippen molar-refractivity contribution in [3.63, 3.8) is 0 Å². The maximum atomic E-state index is 10.5. The Labute approximate surface area is 126 Å². The van der Waals surface area contributed by atoms with E-state index in [0.717, 1.165) is 0 Å². The smallest absolute Gasteiger partial charge is 0.176 e. The fourth-order valence-electron chi connectivity index (χ4n) is 3.03. The molecular weight excluding hydrogens is 290 g/mol. The van der Waals surface area contributed by atoms with Crippen molar-refractivity contribution in [3.05, 3.63) is 12.7 Å². The quantitative estimate of drug-likeness (QED) is 0.562. The predicted octanol–water partition coefficient (Wildman–Crippen LogP) is -1.03. The van der Waals surface area contributed by atoms with Gasteiger partial charge in [-0.25, -0.2) is 15.0 Å². The summed E-state index contributed by atoms with van der Waals surface area (Å²) >= 11 is 0. The van der Waals surface area contributed by atoms with Crippen LogP contribution in [0.2, 0.25) is 0 Å². The summed E-state index contributed by atoms with van der Waals surface area (Å²) < 4.78 is 7.39. The summed E-state index contributed by atoms with van der Waals surface area (Å²) in [5.41, 5.74) is 5.34. The van der Waals surface area contributed by atoms with Gasteiger partial charge in [0.25, 0.3) is 0 Å². The second kappa shape index (κ2) is 5.43. The van der Waals surface area contributed by atoms with Crippen molar-refractivity contribution in [1.29, 1.82) is 0 Å². The SMILES string of the molecule is CCC[C@@]1(n2cnc3c(N)ncnc32)O[C@H](CO)[C@@H](O)[C@H]1O. The molecule has 0 unspecified atom stereocenters. The molecule has 3 heterocycles. The zero-order chi connectivity index (χ0) is 15.9. The predicted molar refractivity (Wildman–Crippen MR) is 76.6 cm³/mol. The molecule has 0 radical (unpaired) electrons. The molecule has 0 aliphatic carbocycles. The molecule has 22 heavy (non-hydrogen) atoms. The fourth-order valence-corrected chi connectivity index (χ4v) is 3.03. The molecule has 1 fully saturated rings. The van der Waals surface area contributed by atoms with E-state index in [1.54, 1.807) is 4.57 Å². The number of anilines is 1. The number of fused-ring (bicyclic) bond motifs is 1. The number of rotatable bonds is 4. The Bertz CT molecular complexity index is 677. The number of aromatic nitrogens is 4. The zero-order valence-electron chi connectivity index (χ0n) is 12.1. The molecule has 1 aliphatic rings. The third-order valence-corrected chi connectivity index (χ3v) is 4.08. The molecule has 1 aliphatic heterocycles. The van der Waals surface area contributed by atoms with Gasteiger partial charge in [0.15, 0.2) is 17.2 Å². The highest BCUT2D eigenvalue weighted by Crippen LogP contribution is 2.40. The fraction of sp³-hybridized carbons (Fsp3) is 0.615. The molecule has 1 saturated heterocycles. The molecule has 2 aromatic heterocycles. The van der Waals surface area contributed by atoms with Crippen LogP contribution in [0.3, 0.4) is 0 Å². The van der Waals surface area contributed by atoms with Crippen molar-refractivity contribution in [2.24, 2.45) is 0 Å². The highest BCUT2D eigenvalue weighted by Gasteiger charge is 2.55. The third kappa shape index (κ3) is 1.97. The van der Waals surface area contributed by atoms with Gasteiger partial charge in [-0.15, -0.1) is 0 Å².